The van der Waals surface area contributed by atoms with Crippen molar-refractivity contribution in [2.45, 2.75) is 38.0 Å². The van der Waals surface area contributed by atoms with Crippen LogP contribution < -0.4 is 0 Å². The van der Waals surface area contributed by atoms with E-state index in [2.05, 4.69) is 4.98 Å². The summed E-state index contributed by atoms with van der Waals surface area (Å²) in [6, 6.07) is 2.27. The third kappa shape index (κ3) is 3.40. The summed E-state index contributed by atoms with van der Waals surface area (Å²) in [5, 5.41) is 20.0. The standard InChI is InChI=1S/C17H19F3N2O4/c18-17(19,20)13-11(2-1-6-21-13)14(24)22-7-5-12(23)16(9-22,15(25)26)8-10-3-4-10/h1-2,6,10,12,23H,3-5,7-9H2,(H,25,26)/t12-,16+/m0/s1. The molecule has 2 N–H and O–H groups in total. The molecule has 2 aliphatic rings. The molecule has 1 saturated carbocycles. The van der Waals surface area contributed by atoms with Gasteiger partial charge in [0.25, 0.3) is 5.91 Å². The van der Waals surface area contributed by atoms with E-state index < -0.39 is 40.8 Å². The minimum Gasteiger partial charge on any atom is -0.481 e. The highest BCUT2D eigenvalue weighted by molar-refractivity contribution is 5.96. The lowest BCUT2D eigenvalue weighted by molar-refractivity contribution is -0.163. The number of hydrogen-bond donors (Lipinski definition) is 2. The van der Waals surface area contributed by atoms with Gasteiger partial charge in [0.05, 0.1) is 11.7 Å². The van der Waals surface area contributed by atoms with Crippen LogP contribution in [-0.4, -0.2) is 51.2 Å². The van der Waals surface area contributed by atoms with E-state index in [0.717, 1.165) is 30.0 Å². The van der Waals surface area contributed by atoms with E-state index in [1.807, 2.05) is 0 Å². The molecular weight excluding hydrogens is 353 g/mol. The summed E-state index contributed by atoms with van der Waals surface area (Å²) in [7, 11) is 0. The number of nitrogens with zero attached hydrogens (tertiary/aromatic N) is 2. The number of aliphatic hydroxyl groups excluding tert-OH is 1. The zero-order chi connectivity index (χ0) is 19.1. The molecule has 2 atom stereocenters. The first kappa shape index (κ1) is 18.6. The van der Waals surface area contributed by atoms with Gasteiger partial charge in [0, 0.05) is 19.3 Å². The van der Waals surface area contributed by atoms with Gasteiger partial charge in [-0.1, -0.05) is 12.8 Å². The topological polar surface area (TPSA) is 90.7 Å². The lowest BCUT2D eigenvalue weighted by Gasteiger charge is -2.43. The summed E-state index contributed by atoms with van der Waals surface area (Å²) in [5.74, 6) is -1.98. The molecule has 0 aromatic carbocycles. The monoisotopic (exact) mass is 372 g/mol. The summed E-state index contributed by atoms with van der Waals surface area (Å²) in [4.78, 5) is 29.0. The molecule has 9 heteroatoms. The molecule has 0 unspecified atom stereocenters. The molecule has 1 aromatic heterocycles. The average molecular weight is 372 g/mol. The molecular formula is C17H19F3N2O4. The van der Waals surface area contributed by atoms with Gasteiger partial charge < -0.3 is 15.1 Å². The lowest BCUT2D eigenvalue weighted by Crippen LogP contribution is -2.57. The Morgan fingerprint density at radius 1 is 1.31 bits per heavy atom. The molecule has 2 heterocycles. The molecule has 1 aromatic rings. The van der Waals surface area contributed by atoms with E-state index in [1.165, 1.54) is 6.07 Å². The van der Waals surface area contributed by atoms with Crippen molar-refractivity contribution in [2.24, 2.45) is 11.3 Å². The second-order valence-electron chi connectivity index (χ2n) is 7.04. The normalized spacial score (nSPS) is 26.6. The van der Waals surface area contributed by atoms with Crippen LogP contribution >= 0.6 is 0 Å². The van der Waals surface area contributed by atoms with Gasteiger partial charge in [-0.2, -0.15) is 13.2 Å². The Labute approximate surface area is 147 Å². The number of rotatable bonds is 4. The van der Waals surface area contributed by atoms with Crippen LogP contribution in [0.5, 0.6) is 0 Å². The number of amides is 1. The summed E-state index contributed by atoms with van der Waals surface area (Å²) in [6.07, 6.45) is -3.04. The number of carbonyl (C=O) groups is 2. The van der Waals surface area contributed by atoms with Crippen molar-refractivity contribution in [3.05, 3.63) is 29.6 Å². The highest BCUT2D eigenvalue weighted by atomic mass is 19.4. The van der Waals surface area contributed by atoms with Crippen molar-refractivity contribution in [1.29, 1.82) is 0 Å². The first-order valence-electron chi connectivity index (χ1n) is 8.38. The molecule has 0 spiro atoms. The molecule has 3 rings (SSSR count). The zero-order valence-corrected chi connectivity index (χ0v) is 13.9. The summed E-state index contributed by atoms with van der Waals surface area (Å²) in [6.45, 7) is -0.323. The van der Waals surface area contributed by atoms with E-state index in [4.69, 9.17) is 0 Å². The number of piperidine rings is 1. The number of carboxylic acid groups (broad SMARTS) is 1. The largest absolute Gasteiger partial charge is 0.481 e. The number of aromatic nitrogens is 1. The maximum atomic E-state index is 13.1. The minimum absolute atomic E-state index is 0.00632. The molecule has 2 fully saturated rings. The predicted octanol–water partition coefficient (Wildman–Crippen LogP) is 2.18. The fourth-order valence-electron chi connectivity index (χ4n) is 3.56. The van der Waals surface area contributed by atoms with Gasteiger partial charge in [-0.3, -0.25) is 14.6 Å². The van der Waals surface area contributed by atoms with Gasteiger partial charge in [0.15, 0.2) is 5.69 Å². The number of carboxylic acids is 1. The summed E-state index contributed by atoms with van der Waals surface area (Å²) in [5.41, 5.74) is -3.45. The van der Waals surface area contributed by atoms with Crippen molar-refractivity contribution in [3.8, 4) is 0 Å². The van der Waals surface area contributed by atoms with Crippen LogP contribution in [0.2, 0.25) is 0 Å². The van der Waals surface area contributed by atoms with Crippen molar-refractivity contribution < 1.29 is 33.0 Å². The van der Waals surface area contributed by atoms with Crippen LogP contribution in [0.4, 0.5) is 13.2 Å². The minimum atomic E-state index is -4.79. The number of hydrogen-bond acceptors (Lipinski definition) is 4. The summed E-state index contributed by atoms with van der Waals surface area (Å²) >= 11 is 0. The van der Waals surface area contributed by atoms with E-state index >= 15 is 0 Å². The van der Waals surface area contributed by atoms with E-state index in [0.29, 0.717) is 0 Å². The van der Waals surface area contributed by atoms with Crippen LogP contribution in [0.25, 0.3) is 0 Å². The number of aliphatic carboxylic acids is 1. The number of likely N-dealkylation sites (tertiary alicyclic amines) is 1. The lowest BCUT2D eigenvalue weighted by atomic mass is 9.73. The number of carbonyl (C=O) groups excluding carboxylic acids is 1. The fourth-order valence-corrected chi connectivity index (χ4v) is 3.56. The highest BCUT2D eigenvalue weighted by Gasteiger charge is 2.53. The van der Waals surface area contributed by atoms with Gasteiger partial charge in [-0.15, -0.1) is 0 Å². The van der Waals surface area contributed by atoms with Crippen molar-refractivity contribution >= 4 is 11.9 Å². The second kappa shape index (κ2) is 6.53. The molecule has 1 saturated heterocycles. The Hall–Kier alpha value is -2.16. The SMILES string of the molecule is O=C(c1cccnc1C(F)(F)F)N1CC[C@H](O)[C@](CC2CC2)(C(=O)O)C1. The Morgan fingerprint density at radius 3 is 2.58 bits per heavy atom. The van der Waals surface area contributed by atoms with Crippen LogP contribution in [0.3, 0.4) is 0 Å². The first-order chi connectivity index (χ1) is 12.1. The van der Waals surface area contributed by atoms with Gasteiger partial charge in [0.1, 0.15) is 5.41 Å². The Kier molecular flexibility index (Phi) is 4.68. The highest BCUT2D eigenvalue weighted by Crippen LogP contribution is 2.45. The molecule has 1 aliphatic heterocycles. The maximum Gasteiger partial charge on any atom is 0.434 e. The molecule has 1 amide bonds. The second-order valence-corrected chi connectivity index (χ2v) is 7.04. The summed E-state index contributed by atoms with van der Waals surface area (Å²) < 4.78 is 39.4. The molecule has 142 valence electrons. The maximum absolute atomic E-state index is 13.1. The molecule has 0 radical (unpaired) electrons. The quantitative estimate of drug-likeness (QED) is 0.845. The zero-order valence-electron chi connectivity index (χ0n) is 13.9. The number of alkyl halides is 3. The van der Waals surface area contributed by atoms with Crippen molar-refractivity contribution in [2.75, 3.05) is 13.1 Å². The van der Waals surface area contributed by atoms with Gasteiger partial charge in [0.2, 0.25) is 0 Å². The fraction of sp³-hybridized carbons (Fsp3) is 0.588. The van der Waals surface area contributed by atoms with E-state index in [-0.39, 0.29) is 31.8 Å². The van der Waals surface area contributed by atoms with Crippen LogP contribution in [0, 0.1) is 11.3 Å². The van der Waals surface area contributed by atoms with Crippen molar-refractivity contribution in [3.63, 3.8) is 0 Å². The third-order valence-electron chi connectivity index (χ3n) is 5.15. The van der Waals surface area contributed by atoms with Crippen LogP contribution in [0.1, 0.15) is 41.7 Å². The smallest absolute Gasteiger partial charge is 0.434 e. The Bertz CT molecular complexity index is 720. The van der Waals surface area contributed by atoms with Crippen LogP contribution in [-0.2, 0) is 11.0 Å². The first-order valence-corrected chi connectivity index (χ1v) is 8.38. The van der Waals surface area contributed by atoms with Gasteiger partial charge >= 0.3 is 12.1 Å². The third-order valence-corrected chi connectivity index (χ3v) is 5.15. The van der Waals surface area contributed by atoms with Crippen molar-refractivity contribution in [1.82, 2.24) is 9.88 Å². The Morgan fingerprint density at radius 2 is 2.00 bits per heavy atom. The van der Waals surface area contributed by atoms with Crippen LogP contribution in [0.15, 0.2) is 18.3 Å². The molecule has 26 heavy (non-hydrogen) atoms. The van der Waals surface area contributed by atoms with E-state index in [9.17, 15) is 33.0 Å². The van der Waals surface area contributed by atoms with Gasteiger partial charge in [-0.25, -0.2) is 0 Å². The average Bonchev–Trinajstić information content (AvgIpc) is 3.39. The Balaban J connectivity index is 1.90. The van der Waals surface area contributed by atoms with E-state index in [1.54, 1.807) is 0 Å². The number of aliphatic hydroxyl groups is 1. The number of halogens is 3. The molecule has 6 nitrogen and oxygen atoms in total. The number of pyridine rings is 1. The van der Waals surface area contributed by atoms with Gasteiger partial charge in [-0.05, 0) is 30.9 Å². The predicted molar refractivity (Wildman–Crippen MR) is 83.2 cm³/mol. The molecule has 1 aliphatic carbocycles. The molecule has 0 bridgehead atoms.